The van der Waals surface area contributed by atoms with E-state index in [0.717, 1.165) is 11.0 Å². The molecule has 0 saturated heterocycles. The number of hydrogen-bond acceptors (Lipinski definition) is 5. The fourth-order valence-corrected chi connectivity index (χ4v) is 1.21. The van der Waals surface area contributed by atoms with Crippen molar-refractivity contribution >= 4 is 5.97 Å². The molecule has 0 atom stereocenters. The van der Waals surface area contributed by atoms with Crippen LogP contribution in [0.5, 0.6) is 0 Å². The van der Waals surface area contributed by atoms with E-state index in [2.05, 4.69) is 19.6 Å². The first kappa shape index (κ1) is 12.1. The molecule has 0 unspecified atom stereocenters. The lowest BCUT2D eigenvalue weighted by Gasteiger charge is -2.00. The third-order valence-corrected chi connectivity index (χ3v) is 1.91. The Morgan fingerprint density at radius 1 is 1.50 bits per heavy atom. The smallest absolute Gasteiger partial charge is 0.437 e. The summed E-state index contributed by atoms with van der Waals surface area (Å²) in [7, 11) is 1.44. The maximum absolute atomic E-state index is 12.5. The minimum atomic E-state index is -4.92. The average molecular weight is 262 g/mol. The van der Waals surface area contributed by atoms with Gasteiger partial charge in [0.1, 0.15) is 0 Å². The third-order valence-electron chi connectivity index (χ3n) is 1.91. The number of rotatable bonds is 2. The first-order valence-electron chi connectivity index (χ1n) is 4.47. The van der Waals surface area contributed by atoms with Crippen molar-refractivity contribution in [2.24, 2.45) is 7.05 Å². The van der Waals surface area contributed by atoms with E-state index in [1.165, 1.54) is 7.05 Å². The number of aromatic carboxylic acids is 1. The molecule has 0 amide bonds. The summed E-state index contributed by atoms with van der Waals surface area (Å²) >= 11 is 0. The molecule has 0 saturated carbocycles. The van der Waals surface area contributed by atoms with Crippen molar-refractivity contribution in [3.05, 3.63) is 17.7 Å². The Morgan fingerprint density at radius 3 is 2.56 bits per heavy atom. The van der Waals surface area contributed by atoms with Crippen LogP contribution in [0.25, 0.3) is 11.6 Å². The number of hydrogen-bond donors (Lipinski definition) is 1. The van der Waals surface area contributed by atoms with Crippen LogP contribution in [0.3, 0.4) is 0 Å². The lowest BCUT2D eigenvalue weighted by molar-refractivity contribution is -0.141. The molecule has 0 radical (unpaired) electrons. The zero-order valence-corrected chi connectivity index (χ0v) is 8.76. The quantitative estimate of drug-likeness (QED) is 0.873. The second-order valence-electron chi connectivity index (χ2n) is 3.22. The van der Waals surface area contributed by atoms with E-state index in [4.69, 9.17) is 5.11 Å². The van der Waals surface area contributed by atoms with Crippen molar-refractivity contribution < 1.29 is 27.5 Å². The molecule has 18 heavy (non-hydrogen) atoms. The second kappa shape index (κ2) is 3.82. The number of nitrogens with zero attached hydrogens (tertiary/aromatic N) is 4. The first-order valence-corrected chi connectivity index (χ1v) is 4.47. The number of oxazole rings is 1. The van der Waals surface area contributed by atoms with Gasteiger partial charge >= 0.3 is 12.1 Å². The Kier molecular flexibility index (Phi) is 2.56. The second-order valence-corrected chi connectivity index (χ2v) is 3.22. The van der Waals surface area contributed by atoms with Crippen LogP contribution in [0.15, 0.2) is 10.6 Å². The van der Waals surface area contributed by atoms with Gasteiger partial charge in [-0.1, -0.05) is 0 Å². The summed E-state index contributed by atoms with van der Waals surface area (Å²) in [5, 5.41) is 15.9. The normalized spacial score (nSPS) is 11.8. The molecule has 1 N–H and O–H groups in total. The molecule has 96 valence electrons. The van der Waals surface area contributed by atoms with E-state index in [0.29, 0.717) is 0 Å². The van der Waals surface area contributed by atoms with Gasteiger partial charge in [0.2, 0.25) is 11.7 Å². The van der Waals surface area contributed by atoms with Crippen LogP contribution in [0.1, 0.15) is 16.2 Å². The molecule has 2 aromatic heterocycles. The van der Waals surface area contributed by atoms with Gasteiger partial charge in [-0.15, -0.1) is 5.10 Å². The van der Waals surface area contributed by atoms with Gasteiger partial charge in [0.05, 0.1) is 6.20 Å². The fraction of sp³-hybridized carbons (Fsp3) is 0.250. The van der Waals surface area contributed by atoms with Crippen molar-refractivity contribution in [3.63, 3.8) is 0 Å². The summed E-state index contributed by atoms with van der Waals surface area (Å²) < 4.78 is 42.1. The summed E-state index contributed by atoms with van der Waals surface area (Å²) in [6, 6.07) is 0. The molecule has 10 heteroatoms. The summed E-state index contributed by atoms with van der Waals surface area (Å²) in [6.45, 7) is 0. The molecule has 0 aliphatic carbocycles. The summed E-state index contributed by atoms with van der Waals surface area (Å²) in [6.07, 6.45) is -3.81. The molecule has 0 aliphatic rings. The highest BCUT2D eigenvalue weighted by molar-refractivity contribution is 5.86. The number of carboxylic acid groups (broad SMARTS) is 1. The third kappa shape index (κ3) is 2.04. The van der Waals surface area contributed by atoms with E-state index in [9.17, 15) is 18.0 Å². The first-order chi connectivity index (χ1) is 8.29. The maximum atomic E-state index is 12.5. The average Bonchev–Trinajstić information content (AvgIpc) is 2.81. The van der Waals surface area contributed by atoms with Crippen LogP contribution in [-0.2, 0) is 13.2 Å². The van der Waals surface area contributed by atoms with E-state index in [1.54, 1.807) is 0 Å². The van der Waals surface area contributed by atoms with Crippen LogP contribution in [-0.4, -0.2) is 31.1 Å². The summed E-state index contributed by atoms with van der Waals surface area (Å²) in [5.41, 5.74) is -1.69. The predicted octanol–water partition coefficient (Wildman–Crippen LogP) is 1.19. The number of alkyl halides is 3. The van der Waals surface area contributed by atoms with Crippen molar-refractivity contribution in [1.82, 2.24) is 20.0 Å². The van der Waals surface area contributed by atoms with E-state index in [-0.39, 0.29) is 5.69 Å². The lowest BCUT2D eigenvalue weighted by Crippen LogP contribution is -2.11. The largest absolute Gasteiger partial charge is 0.475 e. The van der Waals surface area contributed by atoms with Gasteiger partial charge in [0.25, 0.3) is 0 Å². The summed E-state index contributed by atoms with van der Waals surface area (Å²) in [4.78, 5) is 14.8. The number of aromatic nitrogens is 4. The minimum absolute atomic E-state index is 0.0875. The zero-order valence-electron chi connectivity index (χ0n) is 8.76. The summed E-state index contributed by atoms with van der Waals surface area (Å²) in [5.74, 6) is -3.68. The number of halogens is 3. The number of aryl methyl sites for hydroxylation is 1. The van der Waals surface area contributed by atoms with Crippen LogP contribution < -0.4 is 0 Å². The van der Waals surface area contributed by atoms with Crippen LogP contribution in [0.2, 0.25) is 0 Å². The van der Waals surface area contributed by atoms with E-state index >= 15 is 0 Å². The van der Waals surface area contributed by atoms with Crippen molar-refractivity contribution in [2.45, 2.75) is 6.18 Å². The SMILES string of the molecule is Cn1ncc(-c2nc(C(F)(F)F)c(C(=O)O)o2)n1. The minimum Gasteiger partial charge on any atom is -0.475 e. The lowest BCUT2D eigenvalue weighted by atomic mass is 10.3. The molecule has 2 rings (SSSR count). The molecular formula is C8H5F3N4O3. The molecule has 0 aromatic carbocycles. The highest BCUT2D eigenvalue weighted by atomic mass is 19.4. The Bertz CT molecular complexity index is 601. The standard InChI is InChI=1S/C8H5F3N4O3/c1-15-12-2-3(14-15)6-13-5(8(9,10)11)4(18-6)7(16)17/h2H,1H3,(H,16,17). The molecule has 2 heterocycles. The van der Waals surface area contributed by atoms with Crippen molar-refractivity contribution in [1.29, 1.82) is 0 Å². The Morgan fingerprint density at radius 2 is 2.17 bits per heavy atom. The molecular weight excluding hydrogens is 257 g/mol. The van der Waals surface area contributed by atoms with Gasteiger partial charge < -0.3 is 9.52 Å². The van der Waals surface area contributed by atoms with Crippen LogP contribution in [0, 0.1) is 0 Å². The Labute approximate surface area is 96.8 Å². The van der Waals surface area contributed by atoms with Crippen molar-refractivity contribution in [2.75, 3.05) is 0 Å². The number of carboxylic acids is 1. The van der Waals surface area contributed by atoms with Crippen LogP contribution in [0.4, 0.5) is 13.2 Å². The van der Waals surface area contributed by atoms with E-state index < -0.39 is 29.5 Å². The maximum Gasteiger partial charge on any atom is 0.437 e. The van der Waals surface area contributed by atoms with Gasteiger partial charge in [-0.3, -0.25) is 0 Å². The molecule has 0 aliphatic heterocycles. The molecule has 2 aromatic rings. The highest BCUT2D eigenvalue weighted by Gasteiger charge is 2.41. The van der Waals surface area contributed by atoms with Crippen LogP contribution >= 0.6 is 0 Å². The van der Waals surface area contributed by atoms with Gasteiger partial charge in [0, 0.05) is 7.05 Å². The van der Waals surface area contributed by atoms with E-state index in [1.807, 2.05) is 0 Å². The Balaban J connectivity index is 2.56. The van der Waals surface area contributed by atoms with Gasteiger partial charge in [-0.05, 0) is 0 Å². The van der Waals surface area contributed by atoms with Gasteiger partial charge in [-0.2, -0.15) is 23.1 Å². The Hall–Kier alpha value is -2.39. The predicted molar refractivity (Wildman–Crippen MR) is 48.5 cm³/mol. The molecule has 0 fully saturated rings. The molecule has 7 nitrogen and oxygen atoms in total. The number of carbonyl (C=O) groups is 1. The zero-order chi connectivity index (χ0) is 13.5. The molecule has 0 bridgehead atoms. The van der Waals surface area contributed by atoms with Gasteiger partial charge in [-0.25, -0.2) is 9.78 Å². The van der Waals surface area contributed by atoms with Crippen molar-refractivity contribution in [3.8, 4) is 11.6 Å². The highest BCUT2D eigenvalue weighted by Crippen LogP contribution is 2.33. The van der Waals surface area contributed by atoms with Gasteiger partial charge in [0.15, 0.2) is 11.4 Å². The topological polar surface area (TPSA) is 94.0 Å². The molecule has 0 spiro atoms. The monoisotopic (exact) mass is 262 g/mol. The fourth-order valence-electron chi connectivity index (χ4n) is 1.21.